The summed E-state index contributed by atoms with van der Waals surface area (Å²) in [5.41, 5.74) is 0.879. The summed E-state index contributed by atoms with van der Waals surface area (Å²) in [6.45, 7) is 7.27. The van der Waals surface area contributed by atoms with Gasteiger partial charge in [0, 0.05) is 32.7 Å². The molecule has 7 heteroatoms. The standard InChI is InChI=1S/C18H28FN3O2.HI/c1-3-20-18(21-12-15-5-4-6-17(19)11-15)22-8-7-16(13-22)14-24-10-9-23-2;/h4-6,11,16H,3,7-10,12-14H2,1-2H3,(H,20,21);1H. The number of methoxy groups -OCH3 is 1. The second-order valence-electron chi connectivity index (χ2n) is 5.97. The van der Waals surface area contributed by atoms with Crippen LogP contribution in [-0.2, 0) is 16.0 Å². The summed E-state index contributed by atoms with van der Waals surface area (Å²) in [6, 6.07) is 6.60. The number of nitrogens with zero attached hydrogens (tertiary/aromatic N) is 2. The van der Waals surface area contributed by atoms with Crippen molar-refractivity contribution in [1.29, 1.82) is 0 Å². The van der Waals surface area contributed by atoms with Crippen molar-refractivity contribution in [3.63, 3.8) is 0 Å². The molecule has 25 heavy (non-hydrogen) atoms. The molecule has 142 valence electrons. The lowest BCUT2D eigenvalue weighted by Crippen LogP contribution is -2.40. The minimum absolute atomic E-state index is 0. The number of aliphatic imine (C=N–C) groups is 1. The molecule has 1 N–H and O–H groups in total. The molecular formula is C18H29FIN3O2. The molecule has 0 aliphatic carbocycles. The van der Waals surface area contributed by atoms with E-state index in [0.717, 1.165) is 44.2 Å². The predicted octanol–water partition coefficient (Wildman–Crippen LogP) is 2.89. The molecule has 2 rings (SSSR count). The first kappa shape index (κ1) is 22.1. The third-order valence-corrected chi connectivity index (χ3v) is 4.01. The monoisotopic (exact) mass is 465 g/mol. The topological polar surface area (TPSA) is 46.1 Å². The average molecular weight is 465 g/mol. The van der Waals surface area contributed by atoms with Crippen molar-refractivity contribution in [2.75, 3.05) is 46.6 Å². The number of ether oxygens (including phenoxy) is 2. The van der Waals surface area contributed by atoms with Crippen molar-refractivity contribution in [2.24, 2.45) is 10.9 Å². The second kappa shape index (κ2) is 12.4. The zero-order valence-corrected chi connectivity index (χ0v) is 17.4. The van der Waals surface area contributed by atoms with Crippen molar-refractivity contribution in [3.05, 3.63) is 35.6 Å². The predicted molar refractivity (Wildman–Crippen MR) is 109 cm³/mol. The number of nitrogens with one attached hydrogen (secondary N) is 1. The molecular weight excluding hydrogens is 436 g/mol. The number of hydrogen-bond acceptors (Lipinski definition) is 3. The number of rotatable bonds is 8. The SMILES string of the molecule is CCNC(=NCc1cccc(F)c1)N1CCC(COCCOC)C1.I. The van der Waals surface area contributed by atoms with Gasteiger partial charge in [-0.15, -0.1) is 24.0 Å². The Bertz CT molecular complexity index is 531. The Morgan fingerprint density at radius 1 is 1.40 bits per heavy atom. The fourth-order valence-corrected chi connectivity index (χ4v) is 2.78. The highest BCUT2D eigenvalue weighted by Crippen LogP contribution is 2.17. The van der Waals surface area contributed by atoms with Gasteiger partial charge in [0.2, 0.25) is 0 Å². The number of likely N-dealkylation sites (tertiary alicyclic amines) is 1. The Balaban J connectivity index is 0.00000312. The van der Waals surface area contributed by atoms with Crippen LogP contribution < -0.4 is 5.32 Å². The molecule has 0 bridgehead atoms. The van der Waals surface area contributed by atoms with Crippen LogP contribution in [0.15, 0.2) is 29.3 Å². The number of hydrogen-bond donors (Lipinski definition) is 1. The van der Waals surface area contributed by atoms with Gasteiger partial charge in [-0.3, -0.25) is 0 Å². The molecule has 1 aromatic carbocycles. The fraction of sp³-hybridized carbons (Fsp3) is 0.611. The van der Waals surface area contributed by atoms with E-state index in [9.17, 15) is 4.39 Å². The van der Waals surface area contributed by atoms with Gasteiger partial charge in [0.1, 0.15) is 5.82 Å². The van der Waals surface area contributed by atoms with Gasteiger partial charge < -0.3 is 19.7 Å². The Morgan fingerprint density at radius 3 is 2.96 bits per heavy atom. The number of guanidine groups is 1. The molecule has 0 amide bonds. The molecule has 0 spiro atoms. The average Bonchev–Trinajstić information content (AvgIpc) is 3.04. The van der Waals surface area contributed by atoms with E-state index >= 15 is 0 Å². The first-order valence-corrected chi connectivity index (χ1v) is 8.57. The van der Waals surface area contributed by atoms with Crippen LogP contribution in [0.2, 0.25) is 0 Å². The summed E-state index contributed by atoms with van der Waals surface area (Å²) in [5.74, 6) is 1.18. The Kier molecular flexibility index (Phi) is 11.0. The highest BCUT2D eigenvalue weighted by Gasteiger charge is 2.24. The number of halogens is 2. The third kappa shape index (κ3) is 7.87. The molecule has 1 heterocycles. The Morgan fingerprint density at radius 2 is 2.24 bits per heavy atom. The van der Waals surface area contributed by atoms with E-state index in [2.05, 4.69) is 22.1 Å². The maximum absolute atomic E-state index is 13.3. The van der Waals surface area contributed by atoms with Gasteiger partial charge in [-0.1, -0.05) is 12.1 Å². The molecule has 1 aliphatic rings. The minimum atomic E-state index is -0.220. The fourth-order valence-electron chi connectivity index (χ4n) is 2.78. The normalized spacial score (nSPS) is 17.5. The van der Waals surface area contributed by atoms with Crippen molar-refractivity contribution in [2.45, 2.75) is 19.9 Å². The van der Waals surface area contributed by atoms with E-state index in [0.29, 0.717) is 25.7 Å². The van der Waals surface area contributed by atoms with Crippen molar-refractivity contribution >= 4 is 29.9 Å². The summed E-state index contributed by atoms with van der Waals surface area (Å²) in [6.07, 6.45) is 1.09. The van der Waals surface area contributed by atoms with Gasteiger partial charge >= 0.3 is 0 Å². The van der Waals surface area contributed by atoms with Crippen LogP contribution in [0, 0.1) is 11.7 Å². The minimum Gasteiger partial charge on any atom is -0.382 e. The van der Waals surface area contributed by atoms with Crippen LogP contribution in [-0.4, -0.2) is 57.4 Å². The highest BCUT2D eigenvalue weighted by molar-refractivity contribution is 14.0. The van der Waals surface area contributed by atoms with Crippen LogP contribution in [0.25, 0.3) is 0 Å². The van der Waals surface area contributed by atoms with Crippen molar-refractivity contribution in [1.82, 2.24) is 10.2 Å². The summed E-state index contributed by atoms with van der Waals surface area (Å²) >= 11 is 0. The van der Waals surface area contributed by atoms with E-state index in [4.69, 9.17) is 9.47 Å². The first-order chi connectivity index (χ1) is 11.7. The lowest BCUT2D eigenvalue weighted by molar-refractivity contribution is 0.0536. The highest BCUT2D eigenvalue weighted by atomic mass is 127. The molecule has 1 saturated heterocycles. The molecule has 1 aliphatic heterocycles. The summed E-state index contributed by atoms with van der Waals surface area (Å²) in [7, 11) is 1.68. The zero-order valence-electron chi connectivity index (χ0n) is 15.0. The first-order valence-electron chi connectivity index (χ1n) is 8.57. The van der Waals surface area contributed by atoms with Crippen LogP contribution in [0.4, 0.5) is 4.39 Å². The summed E-state index contributed by atoms with van der Waals surface area (Å²) in [4.78, 5) is 6.91. The molecule has 5 nitrogen and oxygen atoms in total. The molecule has 0 saturated carbocycles. The zero-order chi connectivity index (χ0) is 17.2. The van der Waals surface area contributed by atoms with E-state index in [-0.39, 0.29) is 29.8 Å². The molecule has 1 aromatic rings. The molecule has 0 radical (unpaired) electrons. The third-order valence-electron chi connectivity index (χ3n) is 4.01. The summed E-state index contributed by atoms with van der Waals surface area (Å²) < 4.78 is 23.9. The second-order valence-corrected chi connectivity index (χ2v) is 5.97. The molecule has 1 unspecified atom stereocenters. The molecule has 1 fully saturated rings. The van der Waals surface area contributed by atoms with Gasteiger partial charge in [0.25, 0.3) is 0 Å². The van der Waals surface area contributed by atoms with Gasteiger partial charge in [-0.25, -0.2) is 9.38 Å². The Hall–Kier alpha value is -0.930. The quantitative estimate of drug-likeness (QED) is 0.278. The van der Waals surface area contributed by atoms with E-state index in [1.54, 1.807) is 13.2 Å². The number of benzene rings is 1. The maximum atomic E-state index is 13.3. The van der Waals surface area contributed by atoms with E-state index < -0.39 is 0 Å². The van der Waals surface area contributed by atoms with Crippen LogP contribution in [0.3, 0.4) is 0 Å². The lowest BCUT2D eigenvalue weighted by Gasteiger charge is -2.21. The summed E-state index contributed by atoms with van der Waals surface area (Å²) in [5, 5.41) is 3.33. The van der Waals surface area contributed by atoms with Gasteiger partial charge in [0.15, 0.2) is 5.96 Å². The van der Waals surface area contributed by atoms with Gasteiger partial charge in [-0.2, -0.15) is 0 Å². The van der Waals surface area contributed by atoms with Crippen LogP contribution in [0.5, 0.6) is 0 Å². The van der Waals surface area contributed by atoms with E-state index in [1.165, 1.54) is 12.1 Å². The molecule has 0 aromatic heterocycles. The molecule has 1 atom stereocenters. The van der Waals surface area contributed by atoms with Gasteiger partial charge in [-0.05, 0) is 31.0 Å². The maximum Gasteiger partial charge on any atom is 0.194 e. The van der Waals surface area contributed by atoms with E-state index in [1.807, 2.05) is 6.07 Å². The smallest absolute Gasteiger partial charge is 0.194 e. The van der Waals surface area contributed by atoms with Crippen molar-refractivity contribution < 1.29 is 13.9 Å². The van der Waals surface area contributed by atoms with Crippen molar-refractivity contribution in [3.8, 4) is 0 Å². The van der Waals surface area contributed by atoms with Gasteiger partial charge in [0.05, 0.1) is 26.4 Å². The lowest BCUT2D eigenvalue weighted by atomic mass is 10.1. The van der Waals surface area contributed by atoms with Crippen LogP contribution in [0.1, 0.15) is 18.9 Å². The largest absolute Gasteiger partial charge is 0.382 e. The Labute approximate surface area is 167 Å². The van der Waals surface area contributed by atoms with Crippen LogP contribution >= 0.6 is 24.0 Å².